The Morgan fingerprint density at radius 2 is 1.76 bits per heavy atom. The van der Waals surface area contributed by atoms with Gasteiger partial charge >= 0.3 is 0 Å². The summed E-state index contributed by atoms with van der Waals surface area (Å²) in [6.45, 7) is 4.66. The van der Waals surface area contributed by atoms with E-state index in [9.17, 15) is 13.2 Å². The molecule has 8 nitrogen and oxygen atoms in total. The molecule has 1 aliphatic heterocycles. The molecule has 0 saturated carbocycles. The van der Waals surface area contributed by atoms with Crippen molar-refractivity contribution in [2.24, 2.45) is 0 Å². The fourth-order valence-corrected chi connectivity index (χ4v) is 5.28. The molecule has 180 valence electrons. The summed E-state index contributed by atoms with van der Waals surface area (Å²) < 4.78 is 38.8. The van der Waals surface area contributed by atoms with E-state index in [-0.39, 0.29) is 23.5 Å². The van der Waals surface area contributed by atoms with E-state index < -0.39 is 10.0 Å². The van der Waals surface area contributed by atoms with E-state index in [4.69, 9.17) is 21.1 Å². The summed E-state index contributed by atoms with van der Waals surface area (Å²) in [5.74, 6) is 0.595. The van der Waals surface area contributed by atoms with Crippen molar-refractivity contribution >= 4 is 38.9 Å². The molecule has 0 atom stereocenters. The third-order valence-electron chi connectivity index (χ3n) is 5.14. The normalized spacial score (nSPS) is 14.7. The molecule has 0 unspecified atom stereocenters. The smallest absolute Gasteiger partial charge is 0.243 e. The highest BCUT2D eigenvalue weighted by Crippen LogP contribution is 2.31. The van der Waals surface area contributed by atoms with Gasteiger partial charge in [-0.15, -0.1) is 0 Å². The molecule has 0 aliphatic carbocycles. The fraction of sp³-hybridized carbons (Fsp3) is 0.435. The molecule has 1 aliphatic rings. The van der Waals surface area contributed by atoms with Crippen LogP contribution in [0.5, 0.6) is 11.5 Å². The summed E-state index contributed by atoms with van der Waals surface area (Å²) >= 11 is 6.02. The number of carbonyl (C=O) groups excluding carboxylic acids is 1. The molecule has 0 radical (unpaired) electrons. The van der Waals surface area contributed by atoms with Crippen molar-refractivity contribution in [3.05, 3.63) is 41.4 Å². The lowest BCUT2D eigenvalue weighted by Gasteiger charge is -2.26. The molecule has 2 N–H and O–H groups in total. The largest absolute Gasteiger partial charge is 0.495 e. The fourth-order valence-electron chi connectivity index (χ4n) is 3.57. The number of sulfonamides is 1. The highest BCUT2D eigenvalue weighted by molar-refractivity contribution is 7.89. The van der Waals surface area contributed by atoms with Crippen LogP contribution in [0.3, 0.4) is 0 Å². The zero-order valence-corrected chi connectivity index (χ0v) is 20.6. The van der Waals surface area contributed by atoms with E-state index in [1.165, 1.54) is 17.5 Å². The zero-order valence-electron chi connectivity index (χ0n) is 19.1. The predicted molar refractivity (Wildman–Crippen MR) is 130 cm³/mol. The molecule has 1 saturated heterocycles. The van der Waals surface area contributed by atoms with Crippen LogP contribution in [-0.2, 0) is 14.8 Å². The van der Waals surface area contributed by atoms with Gasteiger partial charge in [0.1, 0.15) is 11.5 Å². The number of nitrogens with zero attached hydrogens (tertiary/aromatic N) is 1. The van der Waals surface area contributed by atoms with Gasteiger partial charge in [0.2, 0.25) is 15.9 Å². The Labute approximate surface area is 200 Å². The SMILES string of the molecule is COc1ccc(Cl)cc1NC(=O)CNc1cc(S(=O)(=O)N2CCCCC2)ccc1OC(C)C. The third kappa shape index (κ3) is 6.52. The Hall–Kier alpha value is -2.49. The Kier molecular flexibility index (Phi) is 8.45. The molecular formula is C23H30ClN3O5S. The van der Waals surface area contributed by atoms with Gasteiger partial charge in [0, 0.05) is 18.1 Å². The maximum Gasteiger partial charge on any atom is 0.243 e. The van der Waals surface area contributed by atoms with E-state index in [1.807, 2.05) is 13.8 Å². The summed E-state index contributed by atoms with van der Waals surface area (Å²) in [5, 5.41) is 6.22. The predicted octanol–water partition coefficient (Wildman–Crippen LogP) is 4.36. The van der Waals surface area contributed by atoms with Crippen LogP contribution in [0.25, 0.3) is 0 Å². The quantitative estimate of drug-likeness (QED) is 0.536. The second-order valence-corrected chi connectivity index (χ2v) is 10.4. The number of methoxy groups -OCH3 is 1. The van der Waals surface area contributed by atoms with Crippen LogP contribution in [0.1, 0.15) is 33.1 Å². The first-order chi connectivity index (χ1) is 15.7. The molecule has 33 heavy (non-hydrogen) atoms. The van der Waals surface area contributed by atoms with Crippen molar-refractivity contribution in [2.75, 3.05) is 37.4 Å². The van der Waals surface area contributed by atoms with Gasteiger partial charge in [-0.1, -0.05) is 18.0 Å². The summed E-state index contributed by atoms with van der Waals surface area (Å²) in [6, 6.07) is 9.61. The van der Waals surface area contributed by atoms with Crippen molar-refractivity contribution in [1.82, 2.24) is 4.31 Å². The van der Waals surface area contributed by atoms with E-state index in [2.05, 4.69) is 10.6 Å². The van der Waals surface area contributed by atoms with E-state index in [1.54, 1.807) is 30.3 Å². The van der Waals surface area contributed by atoms with Gasteiger partial charge in [-0.3, -0.25) is 4.79 Å². The van der Waals surface area contributed by atoms with Crippen molar-refractivity contribution < 1.29 is 22.7 Å². The first kappa shape index (κ1) is 25.1. The third-order valence-corrected chi connectivity index (χ3v) is 7.27. The molecule has 1 amide bonds. The number of nitrogens with one attached hydrogen (secondary N) is 2. The first-order valence-electron chi connectivity index (χ1n) is 10.9. The number of halogens is 1. The molecule has 10 heteroatoms. The highest BCUT2D eigenvalue weighted by Gasteiger charge is 2.27. The lowest BCUT2D eigenvalue weighted by Crippen LogP contribution is -2.35. The van der Waals surface area contributed by atoms with E-state index in [0.29, 0.717) is 41.0 Å². The highest BCUT2D eigenvalue weighted by atomic mass is 35.5. The standard InChI is InChI=1S/C23H30ClN3O5S/c1-16(2)32-22-10-8-18(33(29,30)27-11-5-4-6-12-27)14-19(22)25-15-23(28)26-20-13-17(24)7-9-21(20)31-3/h7-10,13-14,16,25H,4-6,11-12,15H2,1-3H3,(H,26,28). The van der Waals surface area contributed by atoms with Gasteiger partial charge in [0.05, 0.1) is 36.0 Å². The molecule has 1 fully saturated rings. The molecule has 3 rings (SSSR count). The number of benzene rings is 2. The van der Waals surface area contributed by atoms with Crippen molar-refractivity contribution in [2.45, 2.75) is 44.1 Å². The minimum atomic E-state index is -3.62. The maximum atomic E-state index is 13.1. The Morgan fingerprint density at radius 1 is 1.06 bits per heavy atom. The second-order valence-electron chi connectivity index (χ2n) is 8.04. The topological polar surface area (TPSA) is 97.0 Å². The van der Waals surface area contributed by atoms with Crippen LogP contribution in [-0.4, -0.2) is 51.5 Å². The molecule has 0 bridgehead atoms. The van der Waals surface area contributed by atoms with Crippen LogP contribution < -0.4 is 20.1 Å². The minimum absolute atomic E-state index is 0.114. The van der Waals surface area contributed by atoms with Crippen molar-refractivity contribution in [3.8, 4) is 11.5 Å². The molecular weight excluding hydrogens is 466 g/mol. The van der Waals surface area contributed by atoms with Crippen LogP contribution in [0.4, 0.5) is 11.4 Å². The van der Waals surface area contributed by atoms with Gasteiger partial charge in [-0.25, -0.2) is 8.42 Å². The number of piperidine rings is 1. The summed E-state index contributed by atoms with van der Waals surface area (Å²) in [4.78, 5) is 12.8. The van der Waals surface area contributed by atoms with Gasteiger partial charge in [0.25, 0.3) is 0 Å². The monoisotopic (exact) mass is 495 g/mol. The average Bonchev–Trinajstić information content (AvgIpc) is 2.78. The second kappa shape index (κ2) is 11.1. The van der Waals surface area contributed by atoms with Crippen LogP contribution in [0.2, 0.25) is 5.02 Å². The van der Waals surface area contributed by atoms with Crippen LogP contribution in [0, 0.1) is 0 Å². The van der Waals surface area contributed by atoms with Gasteiger partial charge in [-0.05, 0) is 63.1 Å². The van der Waals surface area contributed by atoms with Crippen LogP contribution in [0.15, 0.2) is 41.3 Å². The summed E-state index contributed by atoms with van der Waals surface area (Å²) in [5.41, 5.74) is 0.867. The number of amides is 1. The molecule has 1 heterocycles. The Morgan fingerprint density at radius 3 is 2.42 bits per heavy atom. The maximum absolute atomic E-state index is 13.1. The lowest BCUT2D eigenvalue weighted by atomic mass is 10.2. The van der Waals surface area contributed by atoms with Crippen molar-refractivity contribution in [3.63, 3.8) is 0 Å². The summed E-state index contributed by atoms with van der Waals surface area (Å²) in [6.07, 6.45) is 2.62. The lowest BCUT2D eigenvalue weighted by molar-refractivity contribution is -0.114. The van der Waals surface area contributed by atoms with Gasteiger partial charge in [-0.2, -0.15) is 4.31 Å². The average molecular weight is 496 g/mol. The first-order valence-corrected chi connectivity index (χ1v) is 12.7. The zero-order chi connectivity index (χ0) is 24.0. The number of ether oxygens (including phenoxy) is 2. The number of hydrogen-bond donors (Lipinski definition) is 2. The Balaban J connectivity index is 1.79. The van der Waals surface area contributed by atoms with E-state index in [0.717, 1.165) is 19.3 Å². The molecule has 2 aromatic carbocycles. The molecule has 0 spiro atoms. The van der Waals surface area contributed by atoms with E-state index >= 15 is 0 Å². The number of hydrogen-bond acceptors (Lipinski definition) is 6. The Bertz CT molecular complexity index is 1090. The molecule has 2 aromatic rings. The van der Waals surface area contributed by atoms with Gasteiger partial charge in [0.15, 0.2) is 0 Å². The van der Waals surface area contributed by atoms with Gasteiger partial charge < -0.3 is 20.1 Å². The molecule has 0 aromatic heterocycles. The minimum Gasteiger partial charge on any atom is -0.495 e. The number of carbonyl (C=O) groups is 1. The van der Waals surface area contributed by atoms with Crippen LogP contribution >= 0.6 is 11.6 Å². The number of rotatable bonds is 9. The summed E-state index contributed by atoms with van der Waals surface area (Å²) in [7, 11) is -2.12. The number of anilines is 2. The van der Waals surface area contributed by atoms with Crippen molar-refractivity contribution in [1.29, 1.82) is 0 Å².